The summed E-state index contributed by atoms with van der Waals surface area (Å²) in [6, 6.07) is 10.0. The summed E-state index contributed by atoms with van der Waals surface area (Å²) >= 11 is 4.96. The first-order valence-corrected chi connectivity index (χ1v) is 8.23. The van der Waals surface area contributed by atoms with Crippen molar-refractivity contribution in [2.45, 2.75) is 32.7 Å². The first-order chi connectivity index (χ1) is 11.4. The van der Waals surface area contributed by atoms with E-state index in [9.17, 15) is 9.59 Å². The minimum atomic E-state index is -0.559. The van der Waals surface area contributed by atoms with Crippen molar-refractivity contribution < 1.29 is 4.79 Å². The van der Waals surface area contributed by atoms with E-state index in [0.717, 1.165) is 6.42 Å². The van der Waals surface area contributed by atoms with Crippen LogP contribution in [0.4, 0.5) is 5.69 Å². The number of benzene rings is 1. The average Bonchev–Trinajstić information content (AvgIpc) is 2.55. The van der Waals surface area contributed by atoms with Crippen LogP contribution < -0.4 is 16.6 Å². The highest BCUT2D eigenvalue weighted by atomic mass is 32.1. The second-order valence-electron chi connectivity index (χ2n) is 5.64. The lowest BCUT2D eigenvalue weighted by Gasteiger charge is -2.19. The Balaban J connectivity index is 2.30. The van der Waals surface area contributed by atoms with Gasteiger partial charge in [0.05, 0.1) is 0 Å². The van der Waals surface area contributed by atoms with Crippen molar-refractivity contribution in [3.63, 3.8) is 0 Å². The minimum Gasteiger partial charge on any atom is -0.389 e. The van der Waals surface area contributed by atoms with E-state index in [2.05, 4.69) is 5.32 Å². The Kier molecular flexibility index (Phi) is 5.87. The number of nitrogens with zero attached hydrogens (tertiary/aromatic N) is 1. The standard InChI is InChI=1S/C18H21N3O2S/c1-3-6-15(21-10-5-7-12(2)18(21)23)17(22)20-14-9-4-8-13(11-14)16(19)24/h4-5,7-11,15H,3,6H2,1-2H3,(H2,19,24)(H,20,22). The van der Waals surface area contributed by atoms with Gasteiger partial charge in [0.15, 0.2) is 0 Å². The van der Waals surface area contributed by atoms with Crippen molar-refractivity contribution in [1.29, 1.82) is 0 Å². The molecule has 3 N–H and O–H groups in total. The number of anilines is 1. The van der Waals surface area contributed by atoms with E-state index in [1.54, 1.807) is 49.5 Å². The molecule has 1 aromatic carbocycles. The Bertz CT molecular complexity index is 814. The van der Waals surface area contributed by atoms with Crippen LogP contribution in [0.5, 0.6) is 0 Å². The lowest BCUT2D eigenvalue weighted by atomic mass is 10.1. The van der Waals surface area contributed by atoms with Gasteiger partial charge in [-0.25, -0.2) is 0 Å². The van der Waals surface area contributed by atoms with Gasteiger partial charge in [-0.2, -0.15) is 0 Å². The summed E-state index contributed by atoms with van der Waals surface area (Å²) in [7, 11) is 0. The third-order valence-electron chi connectivity index (χ3n) is 3.78. The summed E-state index contributed by atoms with van der Waals surface area (Å²) in [5.74, 6) is -0.232. The number of carbonyl (C=O) groups is 1. The van der Waals surface area contributed by atoms with Gasteiger partial charge in [0.2, 0.25) is 5.91 Å². The van der Waals surface area contributed by atoms with Crippen LogP contribution in [0.2, 0.25) is 0 Å². The van der Waals surface area contributed by atoms with E-state index in [4.69, 9.17) is 18.0 Å². The smallest absolute Gasteiger partial charge is 0.254 e. The van der Waals surface area contributed by atoms with E-state index in [0.29, 0.717) is 23.2 Å². The van der Waals surface area contributed by atoms with Gasteiger partial charge in [-0.1, -0.05) is 43.8 Å². The number of pyridine rings is 1. The molecule has 1 aromatic heterocycles. The molecule has 0 aliphatic heterocycles. The molecule has 0 fully saturated rings. The molecule has 2 rings (SSSR count). The summed E-state index contributed by atoms with van der Waals surface area (Å²) in [6.45, 7) is 3.72. The number of nitrogens with two attached hydrogens (primary N) is 1. The van der Waals surface area contributed by atoms with Crippen molar-refractivity contribution >= 4 is 28.8 Å². The van der Waals surface area contributed by atoms with Crippen molar-refractivity contribution in [3.05, 3.63) is 64.1 Å². The van der Waals surface area contributed by atoms with Gasteiger partial charge < -0.3 is 15.6 Å². The number of amides is 1. The molecule has 0 aliphatic carbocycles. The Morgan fingerprint density at radius 1 is 1.33 bits per heavy atom. The van der Waals surface area contributed by atoms with Gasteiger partial charge in [0, 0.05) is 23.0 Å². The molecule has 1 heterocycles. The van der Waals surface area contributed by atoms with Crippen molar-refractivity contribution in [2.75, 3.05) is 5.32 Å². The molecule has 0 saturated carbocycles. The first-order valence-electron chi connectivity index (χ1n) is 7.82. The Morgan fingerprint density at radius 2 is 2.08 bits per heavy atom. The molecule has 6 heteroatoms. The van der Waals surface area contributed by atoms with Crippen LogP contribution in [-0.2, 0) is 4.79 Å². The molecule has 0 bridgehead atoms. The van der Waals surface area contributed by atoms with E-state index in [1.165, 1.54) is 4.57 Å². The van der Waals surface area contributed by atoms with Crippen LogP contribution in [0.3, 0.4) is 0 Å². The summed E-state index contributed by atoms with van der Waals surface area (Å²) in [6.07, 6.45) is 3.01. The number of hydrogen-bond acceptors (Lipinski definition) is 3. The molecular formula is C18H21N3O2S. The molecule has 126 valence electrons. The fourth-order valence-electron chi connectivity index (χ4n) is 2.51. The van der Waals surface area contributed by atoms with Gasteiger partial charge in [-0.15, -0.1) is 0 Å². The summed E-state index contributed by atoms with van der Waals surface area (Å²) in [4.78, 5) is 25.3. The second kappa shape index (κ2) is 7.88. The fraction of sp³-hybridized carbons (Fsp3) is 0.278. The van der Waals surface area contributed by atoms with E-state index in [-0.39, 0.29) is 16.5 Å². The summed E-state index contributed by atoms with van der Waals surface area (Å²) < 4.78 is 1.49. The molecule has 1 unspecified atom stereocenters. The highest BCUT2D eigenvalue weighted by molar-refractivity contribution is 7.80. The zero-order valence-corrected chi connectivity index (χ0v) is 14.6. The first kappa shape index (κ1) is 17.9. The normalized spacial score (nSPS) is 11.8. The highest BCUT2D eigenvalue weighted by Crippen LogP contribution is 2.17. The predicted octanol–water partition coefficient (Wildman–Crippen LogP) is 2.77. The van der Waals surface area contributed by atoms with Gasteiger partial charge in [0.1, 0.15) is 11.0 Å². The third-order valence-corrected chi connectivity index (χ3v) is 4.02. The van der Waals surface area contributed by atoms with Gasteiger partial charge in [-0.3, -0.25) is 9.59 Å². The van der Waals surface area contributed by atoms with Crippen molar-refractivity contribution in [1.82, 2.24) is 4.57 Å². The second-order valence-corrected chi connectivity index (χ2v) is 6.08. The number of rotatable bonds is 6. The number of hydrogen-bond donors (Lipinski definition) is 2. The number of aromatic nitrogens is 1. The fourth-order valence-corrected chi connectivity index (χ4v) is 2.64. The molecule has 0 radical (unpaired) electrons. The maximum absolute atomic E-state index is 12.7. The molecule has 24 heavy (non-hydrogen) atoms. The van der Waals surface area contributed by atoms with Gasteiger partial charge in [-0.05, 0) is 31.5 Å². The predicted molar refractivity (Wildman–Crippen MR) is 100 cm³/mol. The number of nitrogens with one attached hydrogen (secondary N) is 1. The van der Waals surface area contributed by atoms with Crippen LogP contribution in [-0.4, -0.2) is 15.5 Å². The lowest BCUT2D eigenvalue weighted by Crippen LogP contribution is -2.33. The SMILES string of the molecule is CCCC(C(=O)Nc1cccc(C(N)=S)c1)n1cccc(C)c1=O. The maximum atomic E-state index is 12.7. The molecule has 1 amide bonds. The Labute approximate surface area is 146 Å². The molecule has 1 atom stereocenters. The van der Waals surface area contributed by atoms with E-state index < -0.39 is 6.04 Å². The van der Waals surface area contributed by atoms with E-state index in [1.807, 2.05) is 6.92 Å². The molecule has 0 saturated heterocycles. The van der Waals surface area contributed by atoms with Gasteiger partial charge >= 0.3 is 0 Å². The largest absolute Gasteiger partial charge is 0.389 e. The lowest BCUT2D eigenvalue weighted by molar-refractivity contribution is -0.119. The summed E-state index contributed by atoms with van der Waals surface area (Å²) in [5.41, 5.74) is 7.37. The minimum absolute atomic E-state index is 0.150. The van der Waals surface area contributed by atoms with Crippen LogP contribution in [0.1, 0.15) is 36.9 Å². The van der Waals surface area contributed by atoms with Gasteiger partial charge in [0.25, 0.3) is 5.56 Å². The monoisotopic (exact) mass is 343 g/mol. The maximum Gasteiger partial charge on any atom is 0.254 e. The molecular weight excluding hydrogens is 322 g/mol. The highest BCUT2D eigenvalue weighted by Gasteiger charge is 2.21. The molecule has 0 spiro atoms. The van der Waals surface area contributed by atoms with E-state index >= 15 is 0 Å². The molecule has 2 aromatic rings. The Hall–Kier alpha value is -2.47. The van der Waals surface area contributed by atoms with Crippen molar-refractivity contribution in [3.8, 4) is 0 Å². The van der Waals surface area contributed by atoms with Crippen LogP contribution in [0, 0.1) is 6.92 Å². The number of carbonyl (C=O) groups excluding carboxylic acids is 1. The quantitative estimate of drug-likeness (QED) is 0.791. The van der Waals surface area contributed by atoms with Crippen molar-refractivity contribution in [2.24, 2.45) is 5.73 Å². The zero-order valence-electron chi connectivity index (χ0n) is 13.8. The zero-order chi connectivity index (χ0) is 17.7. The number of thiocarbonyl (C=S) groups is 1. The van der Waals surface area contributed by atoms with Crippen LogP contribution in [0.25, 0.3) is 0 Å². The molecule has 0 aliphatic rings. The average molecular weight is 343 g/mol. The van der Waals surface area contributed by atoms with Crippen LogP contribution >= 0.6 is 12.2 Å². The Morgan fingerprint density at radius 3 is 2.75 bits per heavy atom. The van der Waals surface area contributed by atoms with Crippen LogP contribution in [0.15, 0.2) is 47.4 Å². The molecule has 5 nitrogen and oxygen atoms in total. The summed E-state index contributed by atoms with van der Waals surface area (Å²) in [5, 5.41) is 2.85. The number of aryl methyl sites for hydroxylation is 1. The third kappa shape index (κ3) is 4.08. The topological polar surface area (TPSA) is 77.1 Å².